The van der Waals surface area contributed by atoms with Gasteiger partial charge in [-0.3, -0.25) is 0 Å². The molecule has 1 aromatic carbocycles. The van der Waals surface area contributed by atoms with Crippen LogP contribution in [0.4, 0.5) is 0 Å². The Morgan fingerprint density at radius 1 is 1.33 bits per heavy atom. The molecule has 1 aliphatic rings. The summed E-state index contributed by atoms with van der Waals surface area (Å²) in [6.45, 7) is 1.69. The maximum Gasteiger partial charge on any atom is 0.240 e. The Morgan fingerprint density at radius 3 is 2.57 bits per heavy atom. The average molecular weight is 308 g/mol. The van der Waals surface area contributed by atoms with Gasteiger partial charge in [-0.15, -0.1) is 0 Å². The SMILES string of the molecule is Cc1cc(C#N)ccc1S(=O)(=O)NCC1(O)CCCCC1. The summed E-state index contributed by atoms with van der Waals surface area (Å²) in [5, 5.41) is 19.2. The topological polar surface area (TPSA) is 90.2 Å². The van der Waals surface area contributed by atoms with Crippen molar-refractivity contribution in [2.75, 3.05) is 6.54 Å². The molecule has 0 atom stereocenters. The predicted octanol–water partition coefficient (Wildman–Crippen LogP) is 1.84. The van der Waals surface area contributed by atoms with Crippen molar-refractivity contribution in [3.05, 3.63) is 29.3 Å². The van der Waals surface area contributed by atoms with Crippen molar-refractivity contribution in [1.82, 2.24) is 4.72 Å². The summed E-state index contributed by atoms with van der Waals surface area (Å²) in [6, 6.07) is 6.44. The molecule has 1 aromatic rings. The lowest BCUT2D eigenvalue weighted by atomic mass is 9.85. The van der Waals surface area contributed by atoms with E-state index in [-0.39, 0.29) is 11.4 Å². The highest BCUT2D eigenvalue weighted by atomic mass is 32.2. The summed E-state index contributed by atoms with van der Waals surface area (Å²) < 4.78 is 27.2. The molecule has 2 N–H and O–H groups in total. The summed E-state index contributed by atoms with van der Waals surface area (Å²) >= 11 is 0. The molecule has 0 amide bonds. The molecule has 0 radical (unpaired) electrons. The van der Waals surface area contributed by atoms with Crippen molar-refractivity contribution in [2.45, 2.75) is 49.5 Å². The fourth-order valence-corrected chi connectivity index (χ4v) is 4.06. The maximum absolute atomic E-state index is 12.3. The van der Waals surface area contributed by atoms with E-state index >= 15 is 0 Å². The second kappa shape index (κ2) is 6.14. The van der Waals surface area contributed by atoms with E-state index < -0.39 is 15.6 Å². The van der Waals surface area contributed by atoms with Gasteiger partial charge in [0.05, 0.1) is 22.1 Å². The van der Waals surface area contributed by atoms with Gasteiger partial charge in [-0.25, -0.2) is 13.1 Å². The van der Waals surface area contributed by atoms with Crippen LogP contribution in [0.25, 0.3) is 0 Å². The molecule has 21 heavy (non-hydrogen) atoms. The van der Waals surface area contributed by atoms with Crippen molar-refractivity contribution in [1.29, 1.82) is 5.26 Å². The Balaban J connectivity index is 2.13. The summed E-state index contributed by atoms with van der Waals surface area (Å²) in [7, 11) is -3.67. The van der Waals surface area contributed by atoms with Gasteiger partial charge in [-0.1, -0.05) is 19.3 Å². The van der Waals surface area contributed by atoms with E-state index in [2.05, 4.69) is 4.72 Å². The summed E-state index contributed by atoms with van der Waals surface area (Å²) in [5.41, 5.74) is 0.0146. The number of rotatable bonds is 4. The fraction of sp³-hybridized carbons (Fsp3) is 0.533. The van der Waals surface area contributed by atoms with E-state index in [1.807, 2.05) is 6.07 Å². The fourth-order valence-electron chi connectivity index (χ4n) is 2.71. The number of aryl methyl sites for hydroxylation is 1. The Morgan fingerprint density at radius 2 is 2.00 bits per heavy atom. The molecule has 2 rings (SSSR count). The largest absolute Gasteiger partial charge is 0.389 e. The second-order valence-corrected chi connectivity index (χ2v) is 7.44. The molecular weight excluding hydrogens is 288 g/mol. The lowest BCUT2D eigenvalue weighted by molar-refractivity contribution is 0.00945. The van der Waals surface area contributed by atoms with Crippen molar-refractivity contribution in [3.63, 3.8) is 0 Å². The zero-order valence-corrected chi connectivity index (χ0v) is 12.9. The smallest absolute Gasteiger partial charge is 0.240 e. The van der Waals surface area contributed by atoms with Crippen LogP contribution in [0, 0.1) is 18.3 Å². The lowest BCUT2D eigenvalue weighted by Crippen LogP contribution is -2.44. The first-order chi connectivity index (χ1) is 9.86. The Labute approximate surface area is 125 Å². The van der Waals surface area contributed by atoms with Crippen molar-refractivity contribution < 1.29 is 13.5 Å². The number of hydrogen-bond donors (Lipinski definition) is 2. The van der Waals surface area contributed by atoms with Gasteiger partial charge < -0.3 is 5.11 Å². The van der Waals surface area contributed by atoms with Crippen LogP contribution >= 0.6 is 0 Å². The molecule has 6 heteroatoms. The van der Waals surface area contributed by atoms with Gasteiger partial charge in [0, 0.05) is 6.54 Å². The zero-order valence-electron chi connectivity index (χ0n) is 12.1. The number of nitrogens with one attached hydrogen (secondary N) is 1. The molecule has 0 bridgehead atoms. The van der Waals surface area contributed by atoms with Crippen LogP contribution in [0.3, 0.4) is 0 Å². The molecule has 1 saturated carbocycles. The summed E-state index contributed by atoms with van der Waals surface area (Å²) in [5.74, 6) is 0. The van der Waals surface area contributed by atoms with Crippen LogP contribution in [0.2, 0.25) is 0 Å². The molecule has 0 heterocycles. The third-order valence-corrected chi connectivity index (χ3v) is 5.53. The molecule has 0 spiro atoms. The molecule has 1 aliphatic carbocycles. The maximum atomic E-state index is 12.3. The molecule has 0 saturated heterocycles. The monoisotopic (exact) mass is 308 g/mol. The van der Waals surface area contributed by atoms with Gasteiger partial charge in [-0.05, 0) is 43.5 Å². The highest BCUT2D eigenvalue weighted by molar-refractivity contribution is 7.89. The lowest BCUT2D eigenvalue weighted by Gasteiger charge is -2.32. The van der Waals surface area contributed by atoms with Crippen LogP contribution in [0.5, 0.6) is 0 Å². The number of nitrogens with zero attached hydrogens (tertiary/aromatic N) is 1. The molecule has 0 aliphatic heterocycles. The standard InChI is InChI=1S/C15H20N2O3S/c1-12-9-13(10-16)5-6-14(12)21(19,20)17-11-15(18)7-3-2-4-8-15/h5-6,9,17-18H,2-4,7-8,11H2,1H3. The van der Waals surface area contributed by atoms with Gasteiger partial charge in [0.2, 0.25) is 10.0 Å². The Bertz CT molecular complexity index is 656. The molecule has 0 unspecified atom stereocenters. The van der Waals surface area contributed by atoms with Crippen molar-refractivity contribution in [3.8, 4) is 6.07 Å². The average Bonchev–Trinajstić information content (AvgIpc) is 2.46. The quantitative estimate of drug-likeness (QED) is 0.888. The van der Waals surface area contributed by atoms with Gasteiger partial charge >= 0.3 is 0 Å². The predicted molar refractivity (Wildman–Crippen MR) is 79.1 cm³/mol. The van der Waals surface area contributed by atoms with Gasteiger partial charge in [-0.2, -0.15) is 5.26 Å². The number of aliphatic hydroxyl groups is 1. The van der Waals surface area contributed by atoms with Crippen LogP contribution < -0.4 is 4.72 Å². The third-order valence-electron chi connectivity index (χ3n) is 3.97. The number of sulfonamides is 1. The second-order valence-electron chi connectivity index (χ2n) is 5.70. The molecule has 1 fully saturated rings. The van der Waals surface area contributed by atoms with Crippen LogP contribution in [0.1, 0.15) is 43.2 Å². The van der Waals surface area contributed by atoms with Crippen LogP contribution in [-0.4, -0.2) is 25.7 Å². The van der Waals surface area contributed by atoms with E-state index in [0.29, 0.717) is 24.0 Å². The summed E-state index contributed by atoms with van der Waals surface area (Å²) in [6.07, 6.45) is 4.19. The molecule has 0 aromatic heterocycles. The van der Waals surface area contributed by atoms with Crippen molar-refractivity contribution >= 4 is 10.0 Å². The minimum Gasteiger partial charge on any atom is -0.389 e. The first-order valence-corrected chi connectivity index (χ1v) is 8.57. The van der Waals surface area contributed by atoms with Crippen LogP contribution in [0.15, 0.2) is 23.1 Å². The van der Waals surface area contributed by atoms with E-state index in [1.165, 1.54) is 12.1 Å². The van der Waals surface area contributed by atoms with E-state index in [9.17, 15) is 13.5 Å². The number of hydrogen-bond acceptors (Lipinski definition) is 4. The van der Waals surface area contributed by atoms with Crippen LogP contribution in [-0.2, 0) is 10.0 Å². The highest BCUT2D eigenvalue weighted by Gasteiger charge is 2.31. The van der Waals surface area contributed by atoms with E-state index in [4.69, 9.17) is 5.26 Å². The van der Waals surface area contributed by atoms with Gasteiger partial charge in [0.25, 0.3) is 0 Å². The first-order valence-electron chi connectivity index (χ1n) is 7.09. The molecular formula is C15H20N2O3S. The minimum atomic E-state index is -3.67. The minimum absolute atomic E-state index is 0.0365. The van der Waals surface area contributed by atoms with Gasteiger partial charge in [0.15, 0.2) is 0 Å². The first kappa shape index (κ1) is 16.0. The van der Waals surface area contributed by atoms with E-state index in [0.717, 1.165) is 19.3 Å². The number of benzene rings is 1. The zero-order chi connectivity index (χ0) is 15.5. The number of nitriles is 1. The third kappa shape index (κ3) is 3.82. The summed E-state index contributed by atoms with van der Waals surface area (Å²) in [4.78, 5) is 0.154. The Hall–Kier alpha value is -1.42. The van der Waals surface area contributed by atoms with E-state index in [1.54, 1.807) is 13.0 Å². The Kier molecular flexibility index (Phi) is 4.67. The van der Waals surface area contributed by atoms with Gasteiger partial charge in [0.1, 0.15) is 0 Å². The molecule has 114 valence electrons. The normalized spacial score (nSPS) is 18.1. The molecule has 5 nitrogen and oxygen atoms in total. The van der Waals surface area contributed by atoms with Crippen molar-refractivity contribution in [2.24, 2.45) is 0 Å². The highest BCUT2D eigenvalue weighted by Crippen LogP contribution is 2.28.